The van der Waals surface area contributed by atoms with Crippen molar-refractivity contribution in [2.45, 2.75) is 13.8 Å². The van der Waals surface area contributed by atoms with Gasteiger partial charge >= 0.3 is 29.6 Å². The van der Waals surface area contributed by atoms with Crippen LogP contribution in [0.1, 0.15) is 11.1 Å². The fraction of sp³-hybridized carbons (Fsp3) is 0.250. The van der Waals surface area contributed by atoms with Crippen LogP contribution >= 0.6 is 11.6 Å². The first kappa shape index (κ1) is 16.0. The summed E-state index contributed by atoms with van der Waals surface area (Å²) in [5.74, 6) is 0. The van der Waals surface area contributed by atoms with Gasteiger partial charge in [0.1, 0.15) is 5.69 Å². The zero-order valence-corrected chi connectivity index (χ0v) is 12.6. The summed E-state index contributed by atoms with van der Waals surface area (Å²) in [6.07, 6.45) is 0. The van der Waals surface area contributed by atoms with E-state index in [1.165, 1.54) is 0 Å². The van der Waals surface area contributed by atoms with Gasteiger partial charge in [0, 0.05) is 0 Å². The van der Waals surface area contributed by atoms with Crippen LogP contribution in [0.25, 0.3) is 0 Å². The van der Waals surface area contributed by atoms with Gasteiger partial charge in [-0.2, -0.15) is 0 Å². The maximum absolute atomic E-state index is 10.2. The smallest absolute Gasteiger partial charge is 0.728 e. The monoisotopic (exact) mass is 270 g/mol. The van der Waals surface area contributed by atoms with Gasteiger partial charge in [0.15, 0.2) is 0 Å². The Balaban J connectivity index is 0.00000225. The molecule has 5 nitrogen and oxygen atoms in total. The summed E-state index contributed by atoms with van der Waals surface area (Å²) in [4.78, 5) is 0. The fourth-order valence-electron chi connectivity index (χ4n) is 1.13. The second kappa shape index (κ2) is 6.09. The Morgan fingerprint density at radius 2 is 1.88 bits per heavy atom. The van der Waals surface area contributed by atoms with Crippen LogP contribution in [0.3, 0.4) is 0 Å². The van der Waals surface area contributed by atoms with Gasteiger partial charge in [-0.25, -0.2) is 8.42 Å². The molecule has 8 heteroatoms. The molecule has 0 aliphatic heterocycles. The van der Waals surface area contributed by atoms with Crippen LogP contribution in [-0.2, 0) is 10.3 Å². The second-order valence-electron chi connectivity index (χ2n) is 3.02. The van der Waals surface area contributed by atoms with Gasteiger partial charge in [0.2, 0.25) is 10.3 Å². The third-order valence-corrected chi connectivity index (χ3v) is 2.21. The topological polar surface area (TPSA) is 81.9 Å². The normalized spacial score (nSPS) is 11.5. The van der Waals surface area contributed by atoms with Crippen molar-refractivity contribution in [1.29, 1.82) is 0 Å². The molecular formula is C8H8ClN2NaO3S. The molecule has 0 radical (unpaired) electrons. The van der Waals surface area contributed by atoms with E-state index in [1.807, 2.05) is 6.92 Å². The molecule has 1 rings (SSSR count). The Labute approximate surface area is 121 Å². The summed E-state index contributed by atoms with van der Waals surface area (Å²) in [6.45, 7) is 3.54. The van der Waals surface area contributed by atoms with Gasteiger partial charge in [0.25, 0.3) is 0 Å². The molecule has 0 aliphatic rings. The van der Waals surface area contributed by atoms with E-state index in [-0.39, 0.29) is 40.3 Å². The summed E-state index contributed by atoms with van der Waals surface area (Å²) in [6, 6.07) is 3.37. The fourth-order valence-corrected chi connectivity index (χ4v) is 1.67. The van der Waals surface area contributed by atoms with Crippen LogP contribution < -0.4 is 29.6 Å². The Morgan fingerprint density at radius 3 is 2.31 bits per heavy atom. The Bertz CT molecular complexity index is 493. The number of hydrogen-bond acceptors (Lipinski definition) is 4. The SMILES string of the molecule is Cc1cc(C)c(N=NS(=O)(=O)[O-])c(Cl)c1.[Na+]. The van der Waals surface area contributed by atoms with Crippen LogP contribution in [0, 0.1) is 13.8 Å². The molecule has 0 spiro atoms. The number of hydrogen-bond donors (Lipinski definition) is 0. The van der Waals surface area contributed by atoms with Gasteiger partial charge in [-0.1, -0.05) is 22.2 Å². The Hall–Kier alpha value is 0.0200. The minimum atomic E-state index is -4.72. The summed E-state index contributed by atoms with van der Waals surface area (Å²) < 4.78 is 33.3. The maximum atomic E-state index is 10.2. The van der Waals surface area contributed by atoms with E-state index in [1.54, 1.807) is 19.1 Å². The summed E-state index contributed by atoms with van der Waals surface area (Å²) in [5.41, 5.74) is 1.77. The Kier molecular flexibility index (Phi) is 6.10. The summed E-state index contributed by atoms with van der Waals surface area (Å²) in [5, 5.41) is 3.57. The first-order chi connectivity index (χ1) is 6.79. The molecule has 0 saturated heterocycles. The van der Waals surface area contributed by atoms with E-state index in [0.29, 0.717) is 5.56 Å². The van der Waals surface area contributed by atoms with E-state index in [4.69, 9.17) is 11.6 Å². The van der Waals surface area contributed by atoms with Gasteiger partial charge < -0.3 is 4.55 Å². The first-order valence-corrected chi connectivity index (χ1v) is 5.69. The molecule has 0 atom stereocenters. The van der Waals surface area contributed by atoms with E-state index in [2.05, 4.69) is 9.63 Å². The van der Waals surface area contributed by atoms with Crippen LogP contribution in [0.2, 0.25) is 5.02 Å². The third-order valence-electron chi connectivity index (χ3n) is 1.64. The number of nitrogens with zero attached hydrogens (tertiary/aromatic N) is 2. The molecule has 0 fully saturated rings. The van der Waals surface area contributed by atoms with Crippen LogP contribution in [-0.4, -0.2) is 13.0 Å². The van der Waals surface area contributed by atoms with Crippen molar-refractivity contribution in [3.05, 3.63) is 28.3 Å². The molecule has 1 aromatic rings. The van der Waals surface area contributed by atoms with Gasteiger partial charge in [-0.3, -0.25) is 0 Å². The average Bonchev–Trinajstić information content (AvgIpc) is 1.99. The molecular weight excluding hydrogens is 263 g/mol. The number of benzene rings is 1. The van der Waals surface area contributed by atoms with Gasteiger partial charge in [0.05, 0.1) is 5.02 Å². The molecule has 0 amide bonds. The minimum Gasteiger partial charge on any atom is -0.728 e. The Morgan fingerprint density at radius 1 is 1.31 bits per heavy atom. The van der Waals surface area contributed by atoms with E-state index >= 15 is 0 Å². The molecule has 0 aromatic heterocycles. The van der Waals surface area contributed by atoms with Crippen molar-refractivity contribution in [2.24, 2.45) is 9.63 Å². The zero-order valence-electron chi connectivity index (χ0n) is 9.06. The van der Waals surface area contributed by atoms with Crippen LogP contribution in [0.5, 0.6) is 0 Å². The van der Waals surface area contributed by atoms with Crippen molar-refractivity contribution >= 4 is 27.6 Å². The predicted octanol–water partition coefficient (Wildman–Crippen LogP) is -0.495. The molecule has 0 heterocycles. The maximum Gasteiger partial charge on any atom is 1.00 e. The molecule has 82 valence electrons. The predicted molar refractivity (Wildman–Crippen MR) is 55.1 cm³/mol. The molecule has 0 saturated carbocycles. The first-order valence-electron chi connectivity index (χ1n) is 3.95. The van der Waals surface area contributed by atoms with E-state index < -0.39 is 10.3 Å². The minimum absolute atomic E-state index is 0. The molecule has 0 bridgehead atoms. The largest absolute Gasteiger partial charge is 1.00 e. The zero-order chi connectivity index (χ0) is 11.6. The van der Waals surface area contributed by atoms with Crippen LogP contribution in [0.4, 0.5) is 5.69 Å². The summed E-state index contributed by atoms with van der Waals surface area (Å²) >= 11 is 5.81. The molecule has 0 unspecified atom stereocenters. The number of aryl methyl sites for hydroxylation is 2. The van der Waals surface area contributed by atoms with Crippen molar-refractivity contribution in [3.63, 3.8) is 0 Å². The van der Waals surface area contributed by atoms with E-state index in [9.17, 15) is 13.0 Å². The van der Waals surface area contributed by atoms with E-state index in [0.717, 1.165) is 5.56 Å². The van der Waals surface area contributed by atoms with Crippen molar-refractivity contribution in [3.8, 4) is 0 Å². The van der Waals surface area contributed by atoms with Crippen molar-refractivity contribution < 1.29 is 42.5 Å². The van der Waals surface area contributed by atoms with Crippen LogP contribution in [0.15, 0.2) is 21.8 Å². The number of rotatable bonds is 2. The molecule has 0 N–H and O–H groups in total. The van der Waals surface area contributed by atoms with Crippen molar-refractivity contribution in [1.82, 2.24) is 0 Å². The standard InChI is InChI=1S/C8H9ClN2O3S.Na/c1-5-3-6(2)8(7(9)4-5)10-11-15(12,13)14;/h3-4H,1-2H3,(H,12,13,14);/q;+1/p-1. The molecule has 0 aliphatic carbocycles. The molecule has 1 aromatic carbocycles. The third kappa shape index (κ3) is 4.90. The number of halogens is 1. The quantitative estimate of drug-likeness (QED) is 0.413. The van der Waals surface area contributed by atoms with Crippen molar-refractivity contribution in [2.75, 3.05) is 0 Å². The summed E-state index contributed by atoms with van der Waals surface area (Å²) in [7, 11) is -4.72. The van der Waals surface area contributed by atoms with Gasteiger partial charge in [-0.05, 0) is 31.0 Å². The second-order valence-corrected chi connectivity index (χ2v) is 4.45. The average molecular weight is 271 g/mol. The molecule has 16 heavy (non-hydrogen) atoms. The van der Waals surface area contributed by atoms with Gasteiger partial charge in [-0.15, -0.1) is 5.11 Å².